The molecule has 0 bridgehead atoms. The lowest BCUT2D eigenvalue weighted by atomic mass is 10.0. The predicted octanol–water partition coefficient (Wildman–Crippen LogP) is 2.21. The topological polar surface area (TPSA) is 104 Å². The minimum absolute atomic E-state index is 0.0643. The second-order valence-corrected chi connectivity index (χ2v) is 9.20. The van der Waals surface area contributed by atoms with Gasteiger partial charge in [-0.05, 0) is 42.8 Å². The van der Waals surface area contributed by atoms with Crippen LogP contribution in [0.5, 0.6) is 0 Å². The molecule has 0 saturated heterocycles. The molecule has 1 aromatic heterocycles. The molecule has 146 valence electrons. The van der Waals surface area contributed by atoms with Crippen molar-refractivity contribution in [2.24, 2.45) is 5.92 Å². The largest absolute Gasteiger partial charge is 0.279 e. The molecule has 0 radical (unpaired) electrons. The van der Waals surface area contributed by atoms with E-state index < -0.39 is 27.9 Å². The number of carbonyl (C=O) groups is 2. The van der Waals surface area contributed by atoms with Gasteiger partial charge in [-0.3, -0.25) is 20.4 Å². The summed E-state index contributed by atoms with van der Waals surface area (Å²) in [5.41, 5.74) is 5.54. The van der Waals surface area contributed by atoms with Crippen molar-refractivity contribution in [1.29, 1.82) is 0 Å². The second kappa shape index (κ2) is 9.12. The van der Waals surface area contributed by atoms with E-state index in [2.05, 4.69) is 15.6 Å². The summed E-state index contributed by atoms with van der Waals surface area (Å²) >= 11 is 1.24. The molecule has 1 atom stereocenters. The number of thiophene rings is 1. The van der Waals surface area contributed by atoms with E-state index in [9.17, 15) is 18.0 Å². The third-order valence-corrected chi connectivity index (χ3v) is 6.05. The fraction of sp³-hybridized carbons (Fsp3) is 0.333. The Morgan fingerprint density at radius 3 is 2.30 bits per heavy atom. The predicted molar refractivity (Wildman–Crippen MR) is 105 cm³/mol. The number of aryl methyl sites for hydroxylation is 1. The third kappa shape index (κ3) is 6.16. The van der Waals surface area contributed by atoms with E-state index in [0.717, 1.165) is 5.56 Å². The fourth-order valence-electron chi connectivity index (χ4n) is 2.33. The van der Waals surface area contributed by atoms with Gasteiger partial charge in [-0.1, -0.05) is 37.6 Å². The van der Waals surface area contributed by atoms with E-state index in [1.165, 1.54) is 23.5 Å². The average Bonchev–Trinajstić information content (AvgIpc) is 3.13. The van der Waals surface area contributed by atoms with Gasteiger partial charge in [0.05, 0.1) is 9.77 Å². The molecule has 9 heteroatoms. The molecule has 0 fully saturated rings. The SMILES string of the molecule is Cc1ccc(S(=O)(=O)NC(CC(C)C)C(=O)NNC(=O)c2cccs2)cc1. The van der Waals surface area contributed by atoms with Gasteiger partial charge in [0, 0.05) is 0 Å². The van der Waals surface area contributed by atoms with Crippen molar-refractivity contribution in [3.63, 3.8) is 0 Å². The number of rotatable bonds is 7. The highest BCUT2D eigenvalue weighted by Gasteiger charge is 2.27. The Labute approximate surface area is 163 Å². The van der Waals surface area contributed by atoms with Crippen LogP contribution in [0, 0.1) is 12.8 Å². The van der Waals surface area contributed by atoms with Crippen molar-refractivity contribution >= 4 is 33.2 Å². The molecule has 3 N–H and O–H groups in total. The van der Waals surface area contributed by atoms with Gasteiger partial charge in [0.1, 0.15) is 6.04 Å². The third-order valence-electron chi connectivity index (χ3n) is 3.70. The fourth-order valence-corrected chi connectivity index (χ4v) is 4.15. The Hall–Kier alpha value is -2.23. The summed E-state index contributed by atoms with van der Waals surface area (Å²) in [6, 6.07) is 8.68. The van der Waals surface area contributed by atoms with Gasteiger partial charge >= 0.3 is 0 Å². The molecular weight excluding hydrogens is 386 g/mol. The lowest BCUT2D eigenvalue weighted by Crippen LogP contribution is -2.52. The number of hydrogen-bond acceptors (Lipinski definition) is 5. The maximum Gasteiger partial charge on any atom is 0.279 e. The van der Waals surface area contributed by atoms with Crippen LogP contribution in [-0.2, 0) is 14.8 Å². The maximum absolute atomic E-state index is 12.6. The van der Waals surface area contributed by atoms with Crippen molar-refractivity contribution in [3.05, 3.63) is 52.2 Å². The molecule has 1 heterocycles. The Morgan fingerprint density at radius 1 is 1.07 bits per heavy atom. The summed E-state index contributed by atoms with van der Waals surface area (Å²) < 4.78 is 27.6. The second-order valence-electron chi connectivity index (χ2n) is 6.54. The summed E-state index contributed by atoms with van der Waals surface area (Å²) in [5, 5.41) is 1.74. The molecule has 0 aliphatic carbocycles. The standard InChI is InChI=1S/C18H23N3O4S2/c1-12(2)11-15(17(22)19-20-18(23)16-5-4-10-26-16)21-27(24,25)14-8-6-13(3)7-9-14/h4-10,12,15,21H,11H2,1-3H3,(H,19,22)(H,20,23). The van der Waals surface area contributed by atoms with E-state index in [4.69, 9.17) is 0 Å². The zero-order valence-electron chi connectivity index (χ0n) is 15.4. The molecule has 0 saturated carbocycles. The first-order valence-electron chi connectivity index (χ1n) is 8.41. The van der Waals surface area contributed by atoms with Crippen LogP contribution in [0.1, 0.15) is 35.5 Å². The smallest absolute Gasteiger partial charge is 0.271 e. The monoisotopic (exact) mass is 409 g/mol. The molecule has 0 aliphatic rings. The highest BCUT2D eigenvalue weighted by atomic mass is 32.2. The molecule has 1 aromatic carbocycles. The van der Waals surface area contributed by atoms with E-state index in [-0.39, 0.29) is 17.2 Å². The summed E-state index contributed by atoms with van der Waals surface area (Å²) in [7, 11) is -3.87. The quantitative estimate of drug-likeness (QED) is 0.610. The molecule has 27 heavy (non-hydrogen) atoms. The first-order chi connectivity index (χ1) is 12.7. The summed E-state index contributed by atoms with van der Waals surface area (Å²) in [4.78, 5) is 24.9. The molecule has 2 rings (SSSR count). The summed E-state index contributed by atoms with van der Waals surface area (Å²) in [6.07, 6.45) is 0.284. The Kier molecular flexibility index (Phi) is 7.11. The lowest BCUT2D eigenvalue weighted by Gasteiger charge is -2.20. The van der Waals surface area contributed by atoms with Crippen LogP contribution in [-0.4, -0.2) is 26.3 Å². The number of nitrogens with one attached hydrogen (secondary N) is 3. The van der Waals surface area contributed by atoms with E-state index in [1.54, 1.807) is 29.6 Å². The number of hydrazine groups is 1. The minimum atomic E-state index is -3.87. The van der Waals surface area contributed by atoms with Gasteiger partial charge in [0.15, 0.2) is 0 Å². The van der Waals surface area contributed by atoms with E-state index in [1.807, 2.05) is 20.8 Å². The van der Waals surface area contributed by atoms with Crippen molar-refractivity contribution in [2.45, 2.75) is 38.1 Å². The number of sulfonamides is 1. The Morgan fingerprint density at radius 2 is 1.74 bits per heavy atom. The number of carbonyl (C=O) groups excluding carboxylic acids is 2. The number of amides is 2. The van der Waals surface area contributed by atoms with Crippen LogP contribution in [0.4, 0.5) is 0 Å². The number of benzene rings is 1. The normalized spacial score (nSPS) is 12.6. The van der Waals surface area contributed by atoms with Gasteiger partial charge in [-0.25, -0.2) is 8.42 Å². The highest BCUT2D eigenvalue weighted by Crippen LogP contribution is 2.13. The van der Waals surface area contributed by atoms with Crippen molar-refractivity contribution in [1.82, 2.24) is 15.6 Å². The van der Waals surface area contributed by atoms with Gasteiger partial charge in [-0.2, -0.15) is 4.72 Å². The van der Waals surface area contributed by atoms with Crippen LogP contribution < -0.4 is 15.6 Å². The first-order valence-corrected chi connectivity index (χ1v) is 10.8. The van der Waals surface area contributed by atoms with Crippen LogP contribution in [0.2, 0.25) is 0 Å². The van der Waals surface area contributed by atoms with Crippen LogP contribution in [0.15, 0.2) is 46.7 Å². The molecule has 2 aromatic rings. The number of hydrogen-bond donors (Lipinski definition) is 3. The highest BCUT2D eigenvalue weighted by molar-refractivity contribution is 7.89. The van der Waals surface area contributed by atoms with Gasteiger partial charge in [-0.15, -0.1) is 11.3 Å². The van der Waals surface area contributed by atoms with Crippen LogP contribution >= 0.6 is 11.3 Å². The Bertz CT molecular complexity index is 876. The van der Waals surface area contributed by atoms with Crippen LogP contribution in [0.25, 0.3) is 0 Å². The van der Waals surface area contributed by atoms with Crippen molar-refractivity contribution in [3.8, 4) is 0 Å². The molecule has 0 aliphatic heterocycles. The molecule has 1 unspecified atom stereocenters. The first kappa shape index (κ1) is 21.1. The maximum atomic E-state index is 12.6. The lowest BCUT2D eigenvalue weighted by molar-refractivity contribution is -0.123. The van der Waals surface area contributed by atoms with Crippen molar-refractivity contribution in [2.75, 3.05) is 0 Å². The van der Waals surface area contributed by atoms with E-state index >= 15 is 0 Å². The zero-order chi connectivity index (χ0) is 20.0. The van der Waals surface area contributed by atoms with Crippen molar-refractivity contribution < 1.29 is 18.0 Å². The average molecular weight is 410 g/mol. The van der Waals surface area contributed by atoms with Gasteiger partial charge < -0.3 is 0 Å². The summed E-state index contributed by atoms with van der Waals surface area (Å²) in [6.45, 7) is 5.62. The molecule has 0 spiro atoms. The van der Waals surface area contributed by atoms with E-state index in [0.29, 0.717) is 4.88 Å². The zero-order valence-corrected chi connectivity index (χ0v) is 17.0. The minimum Gasteiger partial charge on any atom is -0.271 e. The van der Waals surface area contributed by atoms with Gasteiger partial charge in [0.25, 0.3) is 11.8 Å². The van der Waals surface area contributed by atoms with Crippen LogP contribution in [0.3, 0.4) is 0 Å². The Balaban J connectivity index is 2.08. The molecule has 2 amide bonds. The summed E-state index contributed by atoms with van der Waals surface area (Å²) in [5.74, 6) is -1.01. The molecule has 7 nitrogen and oxygen atoms in total. The van der Waals surface area contributed by atoms with Gasteiger partial charge in [0.2, 0.25) is 10.0 Å². The molecular formula is C18H23N3O4S2.